The van der Waals surface area contributed by atoms with Crippen LogP contribution in [0.5, 0.6) is 0 Å². The molecular weight excluding hydrogens is 745 g/mol. The molecule has 2 aromatic heterocycles. The van der Waals surface area contributed by atoms with Gasteiger partial charge in [0.05, 0.1) is 0 Å². The molecule has 11 aromatic carbocycles. The lowest BCUT2D eigenvalue weighted by molar-refractivity contribution is 0.669. The smallest absolute Gasteiger partial charge is 0.136 e. The molecule has 13 rings (SSSR count). The van der Waals surface area contributed by atoms with Crippen LogP contribution in [-0.2, 0) is 0 Å². The number of furan rings is 1. The van der Waals surface area contributed by atoms with Gasteiger partial charge in [-0.2, -0.15) is 0 Å². The van der Waals surface area contributed by atoms with E-state index in [1.807, 2.05) is 11.3 Å². The fraction of sp³-hybridized carbons (Fsp3) is 0. The van der Waals surface area contributed by atoms with E-state index < -0.39 is 0 Å². The molecule has 0 fully saturated rings. The second-order valence-corrected chi connectivity index (χ2v) is 16.9. The first-order valence-electron chi connectivity index (χ1n) is 20.6. The third kappa shape index (κ3) is 4.86. The average Bonchev–Trinajstić information content (AvgIpc) is 3.88. The van der Waals surface area contributed by atoms with Crippen molar-refractivity contribution in [3.05, 3.63) is 206 Å². The van der Waals surface area contributed by atoms with E-state index in [4.69, 9.17) is 4.42 Å². The van der Waals surface area contributed by atoms with Crippen LogP contribution in [0.3, 0.4) is 0 Å². The highest BCUT2D eigenvalue weighted by Gasteiger charge is 2.21. The summed E-state index contributed by atoms with van der Waals surface area (Å²) in [6.07, 6.45) is 0. The van der Waals surface area contributed by atoms with Crippen molar-refractivity contribution in [2.75, 3.05) is 0 Å². The van der Waals surface area contributed by atoms with E-state index in [9.17, 15) is 0 Å². The molecule has 0 aliphatic heterocycles. The largest absolute Gasteiger partial charge is 0.456 e. The van der Waals surface area contributed by atoms with Gasteiger partial charge in [0.25, 0.3) is 0 Å². The van der Waals surface area contributed by atoms with Gasteiger partial charge < -0.3 is 4.42 Å². The summed E-state index contributed by atoms with van der Waals surface area (Å²) < 4.78 is 9.38. The van der Waals surface area contributed by atoms with Gasteiger partial charge >= 0.3 is 0 Å². The van der Waals surface area contributed by atoms with E-state index in [0.29, 0.717) is 0 Å². The molecule has 0 radical (unpaired) electrons. The first-order chi connectivity index (χ1) is 29.8. The molecule has 0 spiro atoms. The summed E-state index contributed by atoms with van der Waals surface area (Å²) in [5.74, 6) is 0. The molecule has 0 bridgehead atoms. The minimum Gasteiger partial charge on any atom is -0.456 e. The van der Waals surface area contributed by atoms with Crippen molar-refractivity contribution in [1.82, 2.24) is 0 Å². The van der Waals surface area contributed by atoms with Gasteiger partial charge in [0, 0.05) is 30.9 Å². The van der Waals surface area contributed by atoms with Gasteiger partial charge in [-0.25, -0.2) is 0 Å². The van der Waals surface area contributed by atoms with Crippen molar-refractivity contribution in [2.45, 2.75) is 0 Å². The maximum absolute atomic E-state index is 6.74. The van der Waals surface area contributed by atoms with Gasteiger partial charge in [0.1, 0.15) is 11.2 Å². The van der Waals surface area contributed by atoms with Crippen LogP contribution in [0.2, 0.25) is 0 Å². The molecule has 13 aromatic rings. The predicted octanol–water partition coefficient (Wildman–Crippen LogP) is 17.2. The summed E-state index contributed by atoms with van der Waals surface area (Å²) in [4.78, 5) is 0. The number of benzene rings is 11. The summed E-state index contributed by atoms with van der Waals surface area (Å²) in [6.45, 7) is 0. The fourth-order valence-electron chi connectivity index (χ4n) is 10.2. The number of thiophene rings is 1. The van der Waals surface area contributed by atoms with Crippen molar-refractivity contribution in [3.8, 4) is 44.5 Å². The number of rotatable bonds is 4. The SMILES string of the molecule is c1ccc(-c2c3ccccc3c(-c3ccc4c(c3)oc3ccc(-c5c6ccccc6c(-c6cccc7sc8ccccc8c67)c6ccccc56)cc34)c3ccccc23)cc1. The number of fused-ring (bicyclic) bond motifs is 10. The molecule has 0 atom stereocenters. The van der Waals surface area contributed by atoms with Crippen LogP contribution < -0.4 is 0 Å². The normalized spacial score (nSPS) is 12.0. The summed E-state index contributed by atoms with van der Waals surface area (Å²) in [6, 6.07) is 75.6. The number of hydrogen-bond acceptors (Lipinski definition) is 2. The molecule has 278 valence electrons. The van der Waals surface area contributed by atoms with Gasteiger partial charge in [-0.05, 0) is 124 Å². The Morgan fingerprint density at radius 1 is 0.267 bits per heavy atom. The third-order valence-electron chi connectivity index (χ3n) is 12.6. The van der Waals surface area contributed by atoms with Crippen LogP contribution in [0, 0.1) is 0 Å². The van der Waals surface area contributed by atoms with E-state index in [2.05, 4.69) is 206 Å². The van der Waals surface area contributed by atoms with E-state index in [0.717, 1.165) is 27.5 Å². The van der Waals surface area contributed by atoms with E-state index in [1.165, 1.54) is 102 Å². The lowest BCUT2D eigenvalue weighted by Gasteiger charge is -2.18. The maximum atomic E-state index is 6.74. The summed E-state index contributed by atoms with van der Waals surface area (Å²) in [5.41, 5.74) is 11.7. The summed E-state index contributed by atoms with van der Waals surface area (Å²) in [5, 5.41) is 14.9. The van der Waals surface area contributed by atoms with Crippen LogP contribution in [-0.4, -0.2) is 0 Å². The first kappa shape index (κ1) is 33.5. The van der Waals surface area contributed by atoms with Crippen molar-refractivity contribution in [1.29, 1.82) is 0 Å². The maximum Gasteiger partial charge on any atom is 0.136 e. The lowest BCUT2D eigenvalue weighted by Crippen LogP contribution is -1.91. The number of hydrogen-bond donors (Lipinski definition) is 0. The van der Waals surface area contributed by atoms with Crippen LogP contribution in [0.1, 0.15) is 0 Å². The highest BCUT2D eigenvalue weighted by molar-refractivity contribution is 7.26. The molecule has 60 heavy (non-hydrogen) atoms. The highest BCUT2D eigenvalue weighted by atomic mass is 32.1. The van der Waals surface area contributed by atoms with Crippen molar-refractivity contribution in [3.63, 3.8) is 0 Å². The minimum absolute atomic E-state index is 0.890. The Labute approximate surface area is 350 Å². The molecule has 0 unspecified atom stereocenters. The monoisotopic (exact) mass is 778 g/mol. The highest BCUT2D eigenvalue weighted by Crippen LogP contribution is 2.49. The molecule has 0 aliphatic carbocycles. The molecule has 0 amide bonds. The van der Waals surface area contributed by atoms with Crippen LogP contribution in [0.15, 0.2) is 211 Å². The Bertz CT molecular complexity index is 3770. The zero-order valence-electron chi connectivity index (χ0n) is 32.4. The Kier molecular flexibility index (Phi) is 7.24. The average molecular weight is 779 g/mol. The molecule has 0 saturated heterocycles. The van der Waals surface area contributed by atoms with Crippen molar-refractivity contribution < 1.29 is 4.42 Å². The van der Waals surface area contributed by atoms with Gasteiger partial charge in [-0.1, -0.05) is 170 Å². The lowest BCUT2D eigenvalue weighted by atomic mass is 9.84. The summed E-state index contributed by atoms with van der Waals surface area (Å²) >= 11 is 1.87. The fourth-order valence-corrected chi connectivity index (χ4v) is 11.3. The third-order valence-corrected chi connectivity index (χ3v) is 13.8. The van der Waals surface area contributed by atoms with Crippen molar-refractivity contribution >= 4 is 96.5 Å². The predicted molar refractivity (Wildman–Crippen MR) is 258 cm³/mol. The topological polar surface area (TPSA) is 13.1 Å². The summed E-state index contributed by atoms with van der Waals surface area (Å²) in [7, 11) is 0. The molecule has 2 heteroatoms. The molecule has 0 N–H and O–H groups in total. The Balaban J connectivity index is 1.02. The van der Waals surface area contributed by atoms with Gasteiger partial charge in [0.15, 0.2) is 0 Å². The van der Waals surface area contributed by atoms with E-state index >= 15 is 0 Å². The molecule has 0 aliphatic rings. The van der Waals surface area contributed by atoms with E-state index in [1.54, 1.807) is 0 Å². The molecule has 2 heterocycles. The van der Waals surface area contributed by atoms with E-state index in [-0.39, 0.29) is 0 Å². The van der Waals surface area contributed by atoms with Crippen LogP contribution in [0.25, 0.3) is 130 Å². The Hall–Kier alpha value is -7.52. The van der Waals surface area contributed by atoms with Gasteiger partial charge in [-0.15, -0.1) is 11.3 Å². The molecule has 1 nitrogen and oxygen atoms in total. The Morgan fingerprint density at radius 2 is 0.733 bits per heavy atom. The zero-order valence-corrected chi connectivity index (χ0v) is 33.3. The van der Waals surface area contributed by atoms with Crippen LogP contribution in [0.4, 0.5) is 0 Å². The quantitative estimate of drug-likeness (QED) is 0.162. The Morgan fingerprint density at radius 3 is 1.33 bits per heavy atom. The molecule has 0 saturated carbocycles. The second-order valence-electron chi connectivity index (χ2n) is 15.8. The zero-order chi connectivity index (χ0) is 39.3. The van der Waals surface area contributed by atoms with Crippen LogP contribution >= 0.6 is 11.3 Å². The van der Waals surface area contributed by atoms with Crippen molar-refractivity contribution in [2.24, 2.45) is 0 Å². The second kappa shape index (κ2) is 13.0. The minimum atomic E-state index is 0.890. The van der Waals surface area contributed by atoms with Gasteiger partial charge in [0.2, 0.25) is 0 Å². The van der Waals surface area contributed by atoms with Gasteiger partial charge in [-0.3, -0.25) is 0 Å². The standard InChI is InChI=1S/C58H34OS/c1-2-15-35(16-3-1)54-39-17-4-6-19-41(39)56(42-20-7-5-18-40(42)54)37-29-31-38-49-33-36(30-32-50(49)59-51(38)34-37)55-43-21-8-10-23-45(43)57(46-24-11-9-22-44(46)55)48-26-14-28-53-58(48)47-25-12-13-27-52(47)60-53/h1-34H. The first-order valence-corrected chi connectivity index (χ1v) is 21.4. The molecular formula is C58H34OS.